The van der Waals surface area contributed by atoms with Crippen molar-refractivity contribution in [1.82, 2.24) is 9.78 Å². The molecule has 0 bridgehead atoms. The van der Waals surface area contributed by atoms with Gasteiger partial charge in [-0.3, -0.25) is 8.98 Å². The number of benzene rings is 2. The molecule has 0 unspecified atom stereocenters. The van der Waals surface area contributed by atoms with E-state index in [2.05, 4.69) is 5.10 Å². The molecule has 0 saturated heterocycles. The summed E-state index contributed by atoms with van der Waals surface area (Å²) >= 11 is 0. The van der Waals surface area contributed by atoms with Gasteiger partial charge in [0, 0.05) is 5.39 Å². The molecular weight excluding hydrogens is 356 g/mol. The third-order valence-electron chi connectivity index (χ3n) is 3.85. The van der Waals surface area contributed by atoms with E-state index in [1.54, 1.807) is 43.5 Å². The minimum atomic E-state index is -3.62. The van der Waals surface area contributed by atoms with E-state index in [0.717, 1.165) is 17.6 Å². The maximum absolute atomic E-state index is 12.7. The van der Waals surface area contributed by atoms with E-state index in [-0.39, 0.29) is 18.7 Å². The van der Waals surface area contributed by atoms with Gasteiger partial charge in [0.15, 0.2) is 0 Å². The zero-order valence-electron chi connectivity index (χ0n) is 14.4. The van der Waals surface area contributed by atoms with E-state index in [1.165, 1.54) is 4.68 Å². The molecule has 8 heteroatoms. The zero-order valence-corrected chi connectivity index (χ0v) is 15.2. The van der Waals surface area contributed by atoms with Gasteiger partial charge >= 0.3 is 0 Å². The lowest BCUT2D eigenvalue weighted by Gasteiger charge is -2.11. The molecule has 3 rings (SSSR count). The molecule has 0 atom stereocenters. The summed E-state index contributed by atoms with van der Waals surface area (Å²) in [6.07, 6.45) is 0.975. The molecule has 3 aromatic rings. The Morgan fingerprint density at radius 3 is 2.31 bits per heavy atom. The van der Waals surface area contributed by atoms with Crippen molar-refractivity contribution >= 4 is 20.9 Å². The van der Waals surface area contributed by atoms with Crippen molar-refractivity contribution in [3.05, 3.63) is 70.1 Å². The average Bonchev–Trinajstić information content (AvgIpc) is 2.63. The van der Waals surface area contributed by atoms with Crippen molar-refractivity contribution < 1.29 is 17.3 Å². The van der Waals surface area contributed by atoms with Gasteiger partial charge in [-0.25, -0.2) is 4.68 Å². The van der Waals surface area contributed by atoms with Gasteiger partial charge in [-0.1, -0.05) is 30.3 Å². The lowest BCUT2D eigenvalue weighted by molar-refractivity contribution is 0.305. The number of rotatable bonds is 6. The van der Waals surface area contributed by atoms with Gasteiger partial charge < -0.3 is 4.74 Å². The van der Waals surface area contributed by atoms with Crippen molar-refractivity contribution in [3.8, 4) is 5.75 Å². The van der Waals surface area contributed by atoms with Crippen molar-refractivity contribution in [2.75, 3.05) is 13.4 Å². The third-order valence-corrected chi connectivity index (χ3v) is 4.39. The van der Waals surface area contributed by atoms with E-state index >= 15 is 0 Å². The van der Waals surface area contributed by atoms with E-state index in [4.69, 9.17) is 8.92 Å². The number of fused-ring (bicyclic) bond motifs is 1. The summed E-state index contributed by atoms with van der Waals surface area (Å²) < 4.78 is 33.9. The lowest BCUT2D eigenvalue weighted by Crippen LogP contribution is -2.25. The van der Waals surface area contributed by atoms with Crippen LogP contribution in [0.1, 0.15) is 11.3 Å². The normalized spacial score (nSPS) is 11.6. The quantitative estimate of drug-likeness (QED) is 0.613. The maximum Gasteiger partial charge on any atom is 0.274 e. The van der Waals surface area contributed by atoms with Gasteiger partial charge in [0.2, 0.25) is 0 Å². The molecule has 2 aromatic carbocycles. The van der Waals surface area contributed by atoms with Crippen LogP contribution in [0.3, 0.4) is 0 Å². The fraction of sp³-hybridized carbons (Fsp3) is 0.222. The highest BCUT2D eigenvalue weighted by Gasteiger charge is 2.13. The van der Waals surface area contributed by atoms with E-state index in [9.17, 15) is 13.2 Å². The summed E-state index contributed by atoms with van der Waals surface area (Å²) in [6.45, 7) is 0.0157. The molecular formula is C18H18N2O5S. The molecule has 1 heterocycles. The van der Waals surface area contributed by atoms with E-state index in [0.29, 0.717) is 16.5 Å². The Hall–Kier alpha value is -2.71. The molecule has 0 fully saturated rings. The first-order valence-electron chi connectivity index (χ1n) is 7.83. The third kappa shape index (κ3) is 4.09. The molecule has 0 amide bonds. The monoisotopic (exact) mass is 374 g/mol. The molecule has 0 aliphatic rings. The molecule has 136 valence electrons. The highest BCUT2D eigenvalue weighted by molar-refractivity contribution is 7.85. The summed E-state index contributed by atoms with van der Waals surface area (Å²) in [5.74, 6) is 0.717. The van der Waals surface area contributed by atoms with Gasteiger partial charge in [0.25, 0.3) is 15.7 Å². The fourth-order valence-corrected chi connectivity index (χ4v) is 2.91. The molecule has 26 heavy (non-hydrogen) atoms. The molecule has 0 saturated carbocycles. The predicted molar refractivity (Wildman–Crippen MR) is 97.7 cm³/mol. The SMILES string of the molecule is COc1ccc(Cn2nc(COS(C)(=O)=O)c3ccccc3c2=O)cc1. The number of aromatic nitrogens is 2. The minimum Gasteiger partial charge on any atom is -0.497 e. The van der Waals surface area contributed by atoms with Crippen molar-refractivity contribution in [2.45, 2.75) is 13.2 Å². The second kappa shape index (κ2) is 7.27. The summed E-state index contributed by atoms with van der Waals surface area (Å²) in [4.78, 5) is 12.7. The van der Waals surface area contributed by atoms with Gasteiger partial charge in [-0.05, 0) is 23.8 Å². The number of nitrogens with zero attached hydrogens (tertiary/aromatic N) is 2. The highest BCUT2D eigenvalue weighted by atomic mass is 32.2. The molecule has 7 nitrogen and oxygen atoms in total. The first-order chi connectivity index (χ1) is 12.4. The maximum atomic E-state index is 12.7. The smallest absolute Gasteiger partial charge is 0.274 e. The molecule has 0 radical (unpaired) electrons. The average molecular weight is 374 g/mol. The number of hydrogen-bond acceptors (Lipinski definition) is 6. The Kier molecular flexibility index (Phi) is 5.06. The Bertz CT molecular complexity index is 1090. The number of hydrogen-bond donors (Lipinski definition) is 0. The molecule has 1 aromatic heterocycles. The van der Waals surface area contributed by atoms with Crippen LogP contribution in [0.5, 0.6) is 5.75 Å². The van der Waals surface area contributed by atoms with E-state index in [1.807, 2.05) is 12.1 Å². The predicted octanol–water partition coefficient (Wildman–Crippen LogP) is 1.93. The number of methoxy groups -OCH3 is 1. The van der Waals surface area contributed by atoms with Crippen LogP contribution in [0.15, 0.2) is 53.3 Å². The van der Waals surface area contributed by atoms with Crippen LogP contribution in [0.2, 0.25) is 0 Å². The first-order valence-corrected chi connectivity index (χ1v) is 9.65. The van der Waals surface area contributed by atoms with Crippen LogP contribution in [-0.2, 0) is 27.5 Å². The van der Waals surface area contributed by atoms with Gasteiger partial charge in [0.05, 0.1) is 31.0 Å². The van der Waals surface area contributed by atoms with Crippen molar-refractivity contribution in [2.24, 2.45) is 0 Å². The summed E-state index contributed by atoms with van der Waals surface area (Å²) in [7, 11) is -2.04. The fourth-order valence-electron chi connectivity index (χ4n) is 2.59. The molecule has 0 aliphatic carbocycles. The van der Waals surface area contributed by atoms with Crippen LogP contribution in [-0.4, -0.2) is 31.6 Å². The summed E-state index contributed by atoms with van der Waals surface area (Å²) in [6, 6.07) is 14.2. The largest absolute Gasteiger partial charge is 0.497 e. The van der Waals surface area contributed by atoms with E-state index < -0.39 is 10.1 Å². The van der Waals surface area contributed by atoms with Gasteiger partial charge in [0.1, 0.15) is 12.4 Å². The van der Waals surface area contributed by atoms with Crippen molar-refractivity contribution in [3.63, 3.8) is 0 Å². The highest BCUT2D eigenvalue weighted by Crippen LogP contribution is 2.16. The van der Waals surface area contributed by atoms with Crippen LogP contribution in [0, 0.1) is 0 Å². The molecule has 0 spiro atoms. The van der Waals surface area contributed by atoms with Crippen LogP contribution in [0.4, 0.5) is 0 Å². The van der Waals surface area contributed by atoms with Crippen LogP contribution >= 0.6 is 0 Å². The van der Waals surface area contributed by atoms with Crippen LogP contribution < -0.4 is 10.3 Å². The second-order valence-corrected chi connectivity index (χ2v) is 7.41. The number of ether oxygens (including phenoxy) is 1. The molecule has 0 aliphatic heterocycles. The Morgan fingerprint density at radius 2 is 1.69 bits per heavy atom. The standard InChI is InChI=1S/C18H18N2O5S/c1-24-14-9-7-13(8-10-14)11-20-18(21)16-6-4-3-5-15(16)17(19-20)12-25-26(2,22)23/h3-10H,11-12H2,1-2H3. The summed E-state index contributed by atoms with van der Waals surface area (Å²) in [5, 5.41) is 5.36. The van der Waals surface area contributed by atoms with Gasteiger partial charge in [-0.15, -0.1) is 0 Å². The van der Waals surface area contributed by atoms with Crippen LogP contribution in [0.25, 0.3) is 10.8 Å². The van der Waals surface area contributed by atoms with Gasteiger partial charge in [-0.2, -0.15) is 13.5 Å². The first kappa shape index (κ1) is 18.1. The van der Waals surface area contributed by atoms with Crippen molar-refractivity contribution in [1.29, 1.82) is 0 Å². The molecule has 0 N–H and O–H groups in total. The Labute approximate surface area is 150 Å². The Morgan fingerprint density at radius 1 is 1.04 bits per heavy atom. The summed E-state index contributed by atoms with van der Waals surface area (Å²) in [5.41, 5.74) is 1.00. The Balaban J connectivity index is 2.03. The second-order valence-electron chi connectivity index (χ2n) is 5.77. The zero-order chi connectivity index (χ0) is 18.7. The lowest BCUT2D eigenvalue weighted by atomic mass is 10.1. The minimum absolute atomic E-state index is 0.234. The topological polar surface area (TPSA) is 87.5 Å².